The summed E-state index contributed by atoms with van der Waals surface area (Å²) in [4.78, 5) is 11.5. The largest absolute Gasteiger partial charge is 0.288 e. The van der Waals surface area contributed by atoms with Gasteiger partial charge < -0.3 is 0 Å². The molecule has 0 fully saturated rings. The van der Waals surface area contributed by atoms with Gasteiger partial charge in [-0.2, -0.15) is 0 Å². The van der Waals surface area contributed by atoms with Crippen LogP contribution in [-0.4, -0.2) is 5.78 Å². The van der Waals surface area contributed by atoms with Gasteiger partial charge in [-0.15, -0.1) is 11.3 Å². The first-order valence-electron chi connectivity index (χ1n) is 4.22. The first-order valence-corrected chi connectivity index (χ1v) is 5.10. The van der Waals surface area contributed by atoms with E-state index in [-0.39, 0.29) is 4.88 Å². The van der Waals surface area contributed by atoms with Gasteiger partial charge in [0.15, 0.2) is 11.6 Å². The molecule has 0 unspecified atom stereocenters. The van der Waals surface area contributed by atoms with Crippen molar-refractivity contribution in [2.45, 2.75) is 0 Å². The van der Waals surface area contributed by atoms with E-state index in [2.05, 4.69) is 0 Å². The van der Waals surface area contributed by atoms with Gasteiger partial charge in [0.05, 0.1) is 0 Å². The maximum absolute atomic E-state index is 13.1. The highest BCUT2D eigenvalue weighted by Gasteiger charge is 2.19. The Morgan fingerprint density at radius 3 is 2.33 bits per heavy atom. The van der Waals surface area contributed by atoms with Crippen LogP contribution in [0.3, 0.4) is 0 Å². The number of benzene rings is 1. The maximum Gasteiger partial charge on any atom is 0.206 e. The van der Waals surface area contributed by atoms with Crippen LogP contribution >= 0.6 is 11.3 Å². The number of hydrogen-bond donors (Lipinski definition) is 0. The van der Waals surface area contributed by atoms with Gasteiger partial charge in [0.1, 0.15) is 4.88 Å². The lowest BCUT2D eigenvalue weighted by Gasteiger charge is -1.96. The molecule has 0 spiro atoms. The molecule has 1 aromatic carbocycles. The first kappa shape index (κ1) is 9.98. The topological polar surface area (TPSA) is 17.1 Å². The van der Waals surface area contributed by atoms with E-state index in [4.69, 9.17) is 0 Å². The van der Waals surface area contributed by atoms with Crippen LogP contribution in [0.1, 0.15) is 15.2 Å². The zero-order valence-corrected chi connectivity index (χ0v) is 8.35. The molecular formula is C11H6F2OS. The van der Waals surface area contributed by atoms with Crippen molar-refractivity contribution in [3.8, 4) is 0 Å². The highest BCUT2D eigenvalue weighted by atomic mass is 32.1. The number of halogens is 2. The van der Waals surface area contributed by atoms with Gasteiger partial charge in [-0.3, -0.25) is 4.79 Å². The summed E-state index contributed by atoms with van der Waals surface area (Å²) in [7, 11) is 0. The second-order valence-electron chi connectivity index (χ2n) is 2.92. The number of carbonyl (C=O) groups is 1. The Morgan fingerprint density at radius 2 is 1.80 bits per heavy atom. The van der Waals surface area contributed by atoms with Crippen molar-refractivity contribution in [3.63, 3.8) is 0 Å². The van der Waals surface area contributed by atoms with Gasteiger partial charge >= 0.3 is 0 Å². The van der Waals surface area contributed by atoms with Crippen molar-refractivity contribution in [1.29, 1.82) is 0 Å². The van der Waals surface area contributed by atoms with E-state index in [9.17, 15) is 13.6 Å². The molecule has 2 rings (SSSR count). The number of thiophene rings is 1. The Balaban J connectivity index is 2.42. The summed E-state index contributed by atoms with van der Waals surface area (Å²) in [5.41, 5.74) is 0.359. The molecule has 1 aromatic heterocycles. The van der Waals surface area contributed by atoms with Crippen LogP contribution in [0.25, 0.3) is 0 Å². The fourth-order valence-electron chi connectivity index (χ4n) is 1.20. The third kappa shape index (κ3) is 1.80. The summed E-state index contributed by atoms with van der Waals surface area (Å²) in [5, 5.41) is 0.992. The SMILES string of the molecule is O=C(c1ccccc1)c1scc(F)c1F. The van der Waals surface area contributed by atoms with Crippen LogP contribution in [0.15, 0.2) is 35.7 Å². The molecule has 76 valence electrons. The van der Waals surface area contributed by atoms with Crippen LogP contribution in [-0.2, 0) is 0 Å². The predicted molar refractivity (Wildman–Crippen MR) is 54.1 cm³/mol. The van der Waals surface area contributed by atoms with Crippen LogP contribution in [0.2, 0.25) is 0 Å². The zero-order chi connectivity index (χ0) is 10.8. The second-order valence-corrected chi connectivity index (χ2v) is 3.80. The van der Waals surface area contributed by atoms with E-state index >= 15 is 0 Å². The third-order valence-corrected chi connectivity index (χ3v) is 2.86. The molecular weight excluding hydrogens is 218 g/mol. The smallest absolute Gasteiger partial charge is 0.206 e. The minimum absolute atomic E-state index is 0.182. The normalized spacial score (nSPS) is 10.3. The Labute approximate surface area is 89.0 Å². The molecule has 0 bridgehead atoms. The highest BCUT2D eigenvalue weighted by molar-refractivity contribution is 7.12. The Bertz CT molecular complexity index is 491. The molecule has 0 aliphatic rings. The fourth-order valence-corrected chi connectivity index (χ4v) is 1.95. The minimum atomic E-state index is -1.06. The van der Waals surface area contributed by atoms with E-state index in [1.165, 1.54) is 0 Å². The average molecular weight is 224 g/mol. The standard InChI is InChI=1S/C11H6F2OS/c12-8-6-15-11(9(8)13)10(14)7-4-2-1-3-5-7/h1-6H. The quantitative estimate of drug-likeness (QED) is 0.715. The van der Waals surface area contributed by atoms with Gasteiger partial charge in [0.2, 0.25) is 5.78 Å². The monoisotopic (exact) mass is 224 g/mol. The van der Waals surface area contributed by atoms with Crippen LogP contribution in [0.4, 0.5) is 8.78 Å². The molecule has 0 saturated carbocycles. The lowest BCUT2D eigenvalue weighted by atomic mass is 10.1. The van der Waals surface area contributed by atoms with E-state index < -0.39 is 17.4 Å². The summed E-state index contributed by atoms with van der Waals surface area (Å²) < 4.78 is 25.8. The van der Waals surface area contributed by atoms with Crippen molar-refractivity contribution in [3.05, 3.63) is 57.8 Å². The van der Waals surface area contributed by atoms with Gasteiger partial charge in [0, 0.05) is 10.9 Å². The maximum atomic E-state index is 13.1. The highest BCUT2D eigenvalue weighted by Crippen LogP contribution is 2.22. The average Bonchev–Trinajstić information content (AvgIpc) is 2.60. The summed E-state index contributed by atoms with van der Waals surface area (Å²) in [6.45, 7) is 0. The number of ketones is 1. The second kappa shape index (κ2) is 3.90. The molecule has 0 saturated heterocycles. The molecule has 4 heteroatoms. The molecule has 15 heavy (non-hydrogen) atoms. The van der Waals surface area contributed by atoms with E-state index in [0.717, 1.165) is 16.7 Å². The predicted octanol–water partition coefficient (Wildman–Crippen LogP) is 3.26. The number of hydrogen-bond acceptors (Lipinski definition) is 2. The molecule has 1 heterocycles. The number of rotatable bonds is 2. The van der Waals surface area contributed by atoms with Gasteiger partial charge in [0.25, 0.3) is 0 Å². The van der Waals surface area contributed by atoms with Crippen molar-refractivity contribution in [2.75, 3.05) is 0 Å². The van der Waals surface area contributed by atoms with Gasteiger partial charge in [-0.05, 0) is 0 Å². The summed E-state index contributed by atoms with van der Waals surface area (Å²) >= 11 is 0.780. The molecule has 0 radical (unpaired) electrons. The van der Waals surface area contributed by atoms with Crippen molar-refractivity contribution in [1.82, 2.24) is 0 Å². The van der Waals surface area contributed by atoms with E-state index in [1.54, 1.807) is 30.3 Å². The van der Waals surface area contributed by atoms with Crippen LogP contribution in [0, 0.1) is 11.6 Å². The Kier molecular flexibility index (Phi) is 2.60. The van der Waals surface area contributed by atoms with E-state index in [0.29, 0.717) is 5.56 Å². The minimum Gasteiger partial charge on any atom is -0.288 e. The van der Waals surface area contributed by atoms with E-state index in [1.807, 2.05) is 0 Å². The Hall–Kier alpha value is -1.55. The molecule has 2 aromatic rings. The summed E-state index contributed by atoms with van der Waals surface area (Å²) in [6.07, 6.45) is 0. The Morgan fingerprint density at radius 1 is 1.13 bits per heavy atom. The summed E-state index contributed by atoms with van der Waals surface area (Å²) in [6, 6.07) is 8.24. The van der Waals surface area contributed by atoms with Crippen molar-refractivity contribution < 1.29 is 13.6 Å². The molecule has 1 nitrogen and oxygen atoms in total. The number of carbonyl (C=O) groups excluding carboxylic acids is 1. The van der Waals surface area contributed by atoms with Crippen LogP contribution < -0.4 is 0 Å². The van der Waals surface area contributed by atoms with Crippen molar-refractivity contribution >= 4 is 17.1 Å². The van der Waals surface area contributed by atoms with Crippen molar-refractivity contribution in [2.24, 2.45) is 0 Å². The molecule has 0 N–H and O–H groups in total. The molecule has 0 amide bonds. The third-order valence-electron chi connectivity index (χ3n) is 1.93. The molecule has 0 aliphatic carbocycles. The fraction of sp³-hybridized carbons (Fsp3) is 0. The van der Waals surface area contributed by atoms with Gasteiger partial charge in [-0.25, -0.2) is 8.78 Å². The zero-order valence-electron chi connectivity index (χ0n) is 7.54. The lowest BCUT2D eigenvalue weighted by Crippen LogP contribution is -2.00. The molecule has 0 atom stereocenters. The molecule has 0 aliphatic heterocycles. The van der Waals surface area contributed by atoms with Gasteiger partial charge in [-0.1, -0.05) is 30.3 Å². The summed E-state index contributed by atoms with van der Waals surface area (Å²) in [5.74, 6) is -2.52. The first-order chi connectivity index (χ1) is 7.20. The lowest BCUT2D eigenvalue weighted by molar-refractivity contribution is 0.103. The van der Waals surface area contributed by atoms with Crippen LogP contribution in [0.5, 0.6) is 0 Å².